The second-order valence-electron chi connectivity index (χ2n) is 8.85. The van der Waals surface area contributed by atoms with Gasteiger partial charge in [-0.15, -0.1) is 0 Å². The number of anilines is 1. The number of likely N-dealkylation sites (tertiary alicyclic amines) is 1. The maximum atomic E-state index is 13.5. The Kier molecular flexibility index (Phi) is 4.76. The molecule has 2 aromatic heterocycles. The number of carbonyl (C=O) groups is 1. The molecule has 0 bridgehead atoms. The smallest absolute Gasteiger partial charge is 0.256 e. The fourth-order valence-corrected chi connectivity index (χ4v) is 5.16. The molecule has 166 valence electrons. The monoisotopic (exact) mass is 459 g/mol. The Morgan fingerprint density at radius 3 is 2.52 bits per heavy atom. The number of hydrogen-bond donors (Lipinski definition) is 0. The summed E-state index contributed by atoms with van der Waals surface area (Å²) in [6.07, 6.45) is 5.06. The second-order valence-corrected chi connectivity index (χ2v) is 9.28. The predicted molar refractivity (Wildman–Crippen MR) is 126 cm³/mol. The highest BCUT2D eigenvalue weighted by Gasteiger charge is 2.43. The largest absolute Gasteiger partial charge is 0.340 e. The summed E-state index contributed by atoms with van der Waals surface area (Å²) in [5.41, 5.74) is 3.27. The van der Waals surface area contributed by atoms with E-state index in [1.807, 2.05) is 54.4 Å². The number of benzene rings is 2. The molecule has 4 heterocycles. The van der Waals surface area contributed by atoms with E-state index in [1.54, 1.807) is 12.4 Å². The molecule has 9 heteroatoms. The molecule has 8 nitrogen and oxygen atoms in total. The minimum atomic E-state index is 0.0331. The summed E-state index contributed by atoms with van der Waals surface area (Å²) < 4.78 is 0. The number of halogens is 1. The zero-order valence-corrected chi connectivity index (χ0v) is 18.9. The van der Waals surface area contributed by atoms with E-state index >= 15 is 0 Å². The highest BCUT2D eigenvalue weighted by molar-refractivity contribution is 6.31. The van der Waals surface area contributed by atoms with Crippen LogP contribution in [0, 0.1) is 18.8 Å². The molecule has 2 unspecified atom stereocenters. The molecule has 0 radical (unpaired) electrons. The SMILES string of the molecule is Cc1ccc(-n2nccn2)c(C(=O)N2CC3CN(c4ncc5cc(Cl)ccc5n4)CC3C2)c1. The van der Waals surface area contributed by atoms with E-state index in [0.29, 0.717) is 28.1 Å². The van der Waals surface area contributed by atoms with Crippen molar-refractivity contribution in [2.45, 2.75) is 6.92 Å². The standard InChI is InChI=1S/C24H22ClN7O/c1-15-2-5-22(32-27-6-7-28-32)20(8-15)23(33)30-11-17-13-31(14-18(17)12-30)24-26-10-16-9-19(25)3-4-21(16)29-24/h2-10,17-18H,11-14H2,1H3. The van der Waals surface area contributed by atoms with Crippen molar-refractivity contribution in [1.29, 1.82) is 0 Å². The molecule has 2 saturated heterocycles. The minimum absolute atomic E-state index is 0.0331. The Labute approximate surface area is 195 Å². The van der Waals surface area contributed by atoms with E-state index in [4.69, 9.17) is 16.6 Å². The van der Waals surface area contributed by atoms with Crippen LogP contribution in [0.2, 0.25) is 5.02 Å². The van der Waals surface area contributed by atoms with Gasteiger partial charge in [0.1, 0.15) is 0 Å². The first-order chi connectivity index (χ1) is 16.0. The van der Waals surface area contributed by atoms with Gasteiger partial charge in [-0.1, -0.05) is 23.2 Å². The number of amides is 1. The topological polar surface area (TPSA) is 80.0 Å². The average Bonchev–Trinajstić information content (AvgIpc) is 3.55. The minimum Gasteiger partial charge on any atom is -0.340 e. The van der Waals surface area contributed by atoms with Crippen molar-refractivity contribution in [1.82, 2.24) is 29.9 Å². The van der Waals surface area contributed by atoms with Gasteiger partial charge in [0.2, 0.25) is 5.95 Å². The summed E-state index contributed by atoms with van der Waals surface area (Å²) in [7, 11) is 0. The van der Waals surface area contributed by atoms with Gasteiger partial charge >= 0.3 is 0 Å². The number of rotatable bonds is 3. The molecule has 0 N–H and O–H groups in total. The van der Waals surface area contributed by atoms with Crippen LogP contribution in [0.25, 0.3) is 16.6 Å². The first-order valence-electron chi connectivity index (χ1n) is 11.0. The normalized spacial score (nSPS) is 19.9. The van der Waals surface area contributed by atoms with Crippen molar-refractivity contribution in [2.24, 2.45) is 11.8 Å². The third kappa shape index (κ3) is 3.60. The average molecular weight is 460 g/mol. The summed E-state index contributed by atoms with van der Waals surface area (Å²) >= 11 is 6.07. The molecule has 2 aliphatic rings. The highest BCUT2D eigenvalue weighted by Crippen LogP contribution is 2.34. The molecule has 33 heavy (non-hydrogen) atoms. The van der Waals surface area contributed by atoms with Crippen molar-refractivity contribution >= 4 is 34.4 Å². The molecule has 0 spiro atoms. The third-order valence-electron chi connectivity index (χ3n) is 6.60. The number of carbonyl (C=O) groups excluding carboxylic acids is 1. The maximum Gasteiger partial charge on any atom is 0.256 e. The molecule has 4 aromatic rings. The summed E-state index contributed by atoms with van der Waals surface area (Å²) in [6.45, 7) is 5.13. The third-order valence-corrected chi connectivity index (χ3v) is 6.84. The fraction of sp³-hybridized carbons (Fsp3) is 0.292. The van der Waals surface area contributed by atoms with E-state index in [0.717, 1.165) is 48.6 Å². The van der Waals surface area contributed by atoms with Crippen LogP contribution in [0.1, 0.15) is 15.9 Å². The molecule has 2 aliphatic heterocycles. The lowest BCUT2D eigenvalue weighted by Crippen LogP contribution is -2.34. The Bertz CT molecular complexity index is 1340. The lowest BCUT2D eigenvalue weighted by molar-refractivity contribution is 0.0782. The molecule has 2 atom stereocenters. The van der Waals surface area contributed by atoms with Gasteiger partial charge in [0.15, 0.2) is 0 Å². The van der Waals surface area contributed by atoms with E-state index in [9.17, 15) is 4.79 Å². The summed E-state index contributed by atoms with van der Waals surface area (Å²) in [4.78, 5) is 28.5. The van der Waals surface area contributed by atoms with Crippen LogP contribution in [0.5, 0.6) is 0 Å². The quantitative estimate of drug-likeness (QED) is 0.467. The van der Waals surface area contributed by atoms with Crippen molar-refractivity contribution < 1.29 is 4.79 Å². The number of aromatic nitrogens is 5. The number of nitrogens with zero attached hydrogens (tertiary/aromatic N) is 7. The molecule has 1 amide bonds. The zero-order chi connectivity index (χ0) is 22.5. The zero-order valence-electron chi connectivity index (χ0n) is 18.1. The van der Waals surface area contributed by atoms with Crippen molar-refractivity contribution in [3.63, 3.8) is 0 Å². The maximum absolute atomic E-state index is 13.5. The molecule has 0 aliphatic carbocycles. The lowest BCUT2D eigenvalue weighted by atomic mass is 10.0. The van der Waals surface area contributed by atoms with Crippen molar-refractivity contribution in [2.75, 3.05) is 31.1 Å². The van der Waals surface area contributed by atoms with Crippen LogP contribution in [-0.2, 0) is 0 Å². The van der Waals surface area contributed by atoms with Crippen LogP contribution in [-0.4, -0.2) is 61.9 Å². The van der Waals surface area contributed by atoms with E-state index in [1.165, 1.54) is 4.80 Å². The fourth-order valence-electron chi connectivity index (χ4n) is 4.98. The van der Waals surface area contributed by atoms with E-state index in [2.05, 4.69) is 20.1 Å². The molecule has 6 rings (SSSR count). The second kappa shape index (κ2) is 7.81. The summed E-state index contributed by atoms with van der Waals surface area (Å²) in [6, 6.07) is 11.5. The number of aryl methyl sites for hydroxylation is 1. The number of hydrogen-bond acceptors (Lipinski definition) is 6. The Morgan fingerprint density at radius 2 is 1.76 bits per heavy atom. The van der Waals surface area contributed by atoms with Gasteiger partial charge in [0.25, 0.3) is 5.91 Å². The van der Waals surface area contributed by atoms with Crippen LogP contribution in [0.4, 0.5) is 5.95 Å². The van der Waals surface area contributed by atoms with Gasteiger partial charge in [-0.2, -0.15) is 15.0 Å². The van der Waals surface area contributed by atoms with Gasteiger partial charge in [0, 0.05) is 54.6 Å². The Balaban J connectivity index is 1.19. The lowest BCUT2D eigenvalue weighted by Gasteiger charge is -2.23. The van der Waals surface area contributed by atoms with E-state index < -0.39 is 0 Å². The van der Waals surface area contributed by atoms with Crippen molar-refractivity contribution in [3.8, 4) is 5.69 Å². The van der Waals surface area contributed by atoms with Crippen LogP contribution < -0.4 is 4.90 Å². The van der Waals surface area contributed by atoms with Gasteiger partial charge < -0.3 is 9.80 Å². The van der Waals surface area contributed by atoms with E-state index in [-0.39, 0.29) is 5.91 Å². The van der Waals surface area contributed by atoms with Crippen LogP contribution in [0.3, 0.4) is 0 Å². The molecular weight excluding hydrogens is 438 g/mol. The molecule has 2 aromatic carbocycles. The van der Waals surface area contributed by atoms with Gasteiger partial charge in [-0.05, 0) is 37.3 Å². The summed E-state index contributed by atoms with van der Waals surface area (Å²) in [5.74, 6) is 1.57. The Morgan fingerprint density at radius 1 is 1.00 bits per heavy atom. The highest BCUT2D eigenvalue weighted by atomic mass is 35.5. The first kappa shape index (κ1) is 20.1. The molecule has 0 saturated carbocycles. The molecular formula is C24H22ClN7O. The van der Waals surface area contributed by atoms with Gasteiger partial charge in [-0.3, -0.25) is 4.79 Å². The Hall–Kier alpha value is -3.52. The molecule has 2 fully saturated rings. The van der Waals surface area contributed by atoms with Crippen LogP contribution >= 0.6 is 11.6 Å². The number of fused-ring (bicyclic) bond motifs is 2. The van der Waals surface area contributed by atoms with Gasteiger partial charge in [-0.25, -0.2) is 9.97 Å². The first-order valence-corrected chi connectivity index (χ1v) is 11.4. The van der Waals surface area contributed by atoms with Gasteiger partial charge in [0.05, 0.1) is 29.2 Å². The predicted octanol–water partition coefficient (Wildman–Crippen LogP) is 3.38. The van der Waals surface area contributed by atoms with Crippen molar-refractivity contribution in [3.05, 3.63) is 71.1 Å². The summed E-state index contributed by atoms with van der Waals surface area (Å²) in [5, 5.41) is 10.1. The van der Waals surface area contributed by atoms with Crippen LogP contribution in [0.15, 0.2) is 55.0 Å².